The van der Waals surface area contributed by atoms with Gasteiger partial charge in [0.05, 0.1) is 0 Å². The average Bonchev–Trinajstić information content (AvgIpc) is 3.58. The Labute approximate surface area is 282 Å². The molecule has 0 amide bonds. The molecular weight excluding hydrogens is 587 g/mol. The molecule has 6 aliphatic rings. The maximum absolute atomic E-state index is 2.99. The summed E-state index contributed by atoms with van der Waals surface area (Å²) < 4.78 is 1.59. The molecule has 228 valence electrons. The maximum Gasteiger partial charge on any atom is -0.109 e. The number of hydrogen-bond acceptors (Lipinski definition) is 0. The first-order chi connectivity index (χ1) is 18.7. The molecule has 0 aromatic rings. The molecule has 0 aliphatic heterocycles. The Morgan fingerprint density at radius 1 is 0.786 bits per heavy atom. The van der Waals surface area contributed by atoms with Gasteiger partial charge in [-0.1, -0.05) is 115 Å². The van der Waals surface area contributed by atoms with E-state index in [1.54, 1.807) is 3.81 Å². The second-order valence-electron chi connectivity index (χ2n) is 14.0. The third-order valence-electron chi connectivity index (χ3n) is 13.5. The number of hydrogen-bond donors (Lipinski definition) is 0. The molecule has 42 heavy (non-hydrogen) atoms. The van der Waals surface area contributed by atoms with Gasteiger partial charge in [-0.25, -0.2) is 12.2 Å². The average molecular weight is 640 g/mol. The van der Waals surface area contributed by atoms with Gasteiger partial charge < -0.3 is 31.2 Å². The van der Waals surface area contributed by atoms with Gasteiger partial charge >= 0.3 is 50.5 Å². The second-order valence-corrected chi connectivity index (χ2v) is 15.1. The fourth-order valence-electron chi connectivity index (χ4n) is 9.83. The smallest absolute Gasteiger partial charge is 0.109 e. The van der Waals surface area contributed by atoms with Crippen molar-refractivity contribution in [1.82, 2.24) is 0 Å². The molecule has 0 aromatic carbocycles. The molecule has 0 aromatic heterocycles. The summed E-state index contributed by atoms with van der Waals surface area (Å²) in [7, 11) is 0. The molecule has 0 bridgehead atoms. The van der Waals surface area contributed by atoms with Crippen LogP contribution in [0, 0.1) is 56.3 Å². The van der Waals surface area contributed by atoms with Crippen LogP contribution in [0.3, 0.4) is 0 Å². The number of halogens is 2. The van der Waals surface area contributed by atoms with Crippen molar-refractivity contribution in [3.63, 3.8) is 0 Å². The SMILES string of the molecule is CC1=CC=CC2[CH-]C3(C)C4(C)C=CC=CC4(C)C4(C)C=CC=CC4(C)C3(C)C12C.CC[C](=[Ti+2])CC.[C-]1=CC=CC1.[Cl-].[Cl-]. The van der Waals surface area contributed by atoms with E-state index in [1.165, 1.54) is 18.4 Å². The van der Waals surface area contributed by atoms with Gasteiger partial charge in [-0.3, -0.25) is 6.08 Å². The topological polar surface area (TPSA) is 0 Å². The Bertz CT molecular complexity index is 1260. The molecule has 3 heteroatoms. The summed E-state index contributed by atoms with van der Waals surface area (Å²) in [6.45, 7) is 24.7. The number of allylic oxidation sites excluding steroid dienone is 16. The van der Waals surface area contributed by atoms with Gasteiger partial charge in [-0.05, 0) is 28.6 Å². The predicted molar refractivity (Wildman–Crippen MR) is 171 cm³/mol. The van der Waals surface area contributed by atoms with E-state index in [0.29, 0.717) is 5.92 Å². The maximum atomic E-state index is 2.99. The second kappa shape index (κ2) is 12.8. The molecule has 0 radical (unpaired) electrons. The molecule has 0 saturated heterocycles. The molecule has 8 unspecified atom stereocenters. The fourth-order valence-corrected chi connectivity index (χ4v) is 9.83. The summed E-state index contributed by atoms with van der Waals surface area (Å²) >= 11 is 2.19. The van der Waals surface area contributed by atoms with Crippen molar-refractivity contribution < 1.29 is 44.8 Å². The first-order valence-corrected chi connectivity index (χ1v) is 16.2. The Morgan fingerprint density at radius 2 is 1.29 bits per heavy atom. The molecule has 0 heterocycles. The molecule has 6 aliphatic carbocycles. The van der Waals surface area contributed by atoms with E-state index in [9.17, 15) is 0 Å². The summed E-state index contributed by atoms with van der Waals surface area (Å²) in [6, 6.07) is 0. The molecule has 2 saturated carbocycles. The molecule has 2 fully saturated rings. The van der Waals surface area contributed by atoms with Crippen LogP contribution < -0.4 is 24.8 Å². The van der Waals surface area contributed by atoms with Crippen LogP contribution in [0.5, 0.6) is 0 Å². The van der Waals surface area contributed by atoms with E-state index >= 15 is 0 Å². The van der Waals surface area contributed by atoms with Crippen molar-refractivity contribution in [1.29, 1.82) is 0 Å². The standard InChI is InChI=1S/C29H37.C5H5.C5H10.2ClH.Ti/c1-21-14-13-15-22-20-27(6)25(4)18-10-9-16-23(25,2)24(3)17-11-12-19-26(24,5)29(27,8)28(21,22)7;1-2-4-5-3-1;1-3-5-4-2;;;/h9-20,22H,1-8H3;1-3H,4H2;3-4H2,1-2H3;2*1H;/q2*-1;;;;+2/p-2. The summed E-state index contributed by atoms with van der Waals surface area (Å²) in [5, 5.41) is 0. The molecule has 8 atom stereocenters. The van der Waals surface area contributed by atoms with E-state index < -0.39 is 0 Å². The Morgan fingerprint density at radius 3 is 1.71 bits per heavy atom. The third-order valence-corrected chi connectivity index (χ3v) is 14.6. The minimum absolute atomic E-state index is 0. The van der Waals surface area contributed by atoms with Crippen LogP contribution in [-0.4, -0.2) is 3.81 Å². The van der Waals surface area contributed by atoms with Crippen molar-refractivity contribution in [2.24, 2.45) is 43.8 Å². The zero-order chi connectivity index (χ0) is 29.7. The van der Waals surface area contributed by atoms with Crippen LogP contribution in [0.2, 0.25) is 0 Å². The van der Waals surface area contributed by atoms with E-state index in [-0.39, 0.29) is 62.7 Å². The summed E-state index contributed by atoms with van der Waals surface area (Å²) in [5.74, 6) is 0.460. The van der Waals surface area contributed by atoms with Crippen LogP contribution in [-0.2, 0) is 20.0 Å². The van der Waals surface area contributed by atoms with Crippen LogP contribution in [0.15, 0.2) is 90.6 Å². The van der Waals surface area contributed by atoms with Crippen molar-refractivity contribution in [2.45, 2.75) is 88.5 Å². The zero-order valence-corrected chi connectivity index (χ0v) is 30.7. The summed E-state index contributed by atoms with van der Waals surface area (Å²) in [4.78, 5) is 0. The van der Waals surface area contributed by atoms with E-state index in [0.717, 1.165) is 6.42 Å². The largest absolute Gasteiger partial charge is 1.00 e. The Balaban J connectivity index is 0.000000403. The van der Waals surface area contributed by atoms with Gasteiger partial charge in [0.2, 0.25) is 0 Å². The number of rotatable bonds is 2. The normalized spacial score (nSPS) is 44.1. The van der Waals surface area contributed by atoms with Gasteiger partial charge in [-0.2, -0.15) is 6.08 Å². The molecule has 0 spiro atoms. The minimum Gasteiger partial charge on any atom is -1.00 e. The minimum atomic E-state index is 0. The van der Waals surface area contributed by atoms with Crippen LogP contribution in [0.25, 0.3) is 0 Å². The van der Waals surface area contributed by atoms with Crippen LogP contribution >= 0.6 is 0 Å². The van der Waals surface area contributed by atoms with Gasteiger partial charge in [0.15, 0.2) is 0 Å². The first-order valence-electron chi connectivity index (χ1n) is 15.4. The summed E-state index contributed by atoms with van der Waals surface area (Å²) in [5.41, 5.74) is 1.73. The molecular formula is C39H52Cl2Ti-2. The molecule has 0 N–H and O–H groups in total. The quantitative estimate of drug-likeness (QED) is 0.309. The van der Waals surface area contributed by atoms with E-state index in [2.05, 4.69) is 175 Å². The zero-order valence-electron chi connectivity index (χ0n) is 27.6. The monoisotopic (exact) mass is 638 g/mol. The van der Waals surface area contributed by atoms with Crippen LogP contribution in [0.4, 0.5) is 0 Å². The summed E-state index contributed by atoms with van der Waals surface area (Å²) in [6.07, 6.45) is 41.7. The van der Waals surface area contributed by atoms with Gasteiger partial charge in [0, 0.05) is 10.8 Å². The first kappa shape index (κ1) is 37.3. The third kappa shape index (κ3) is 4.51. The fraction of sp³-hybridized carbons (Fsp3) is 0.538. The Kier molecular flexibility index (Phi) is 11.4. The van der Waals surface area contributed by atoms with Crippen molar-refractivity contribution in [3.8, 4) is 0 Å². The molecule has 6 rings (SSSR count). The predicted octanol–water partition coefficient (Wildman–Crippen LogP) is 4.49. The van der Waals surface area contributed by atoms with Gasteiger partial charge in [0.25, 0.3) is 0 Å². The van der Waals surface area contributed by atoms with E-state index in [4.69, 9.17) is 0 Å². The van der Waals surface area contributed by atoms with Gasteiger partial charge in [-0.15, -0.1) is 23.8 Å². The Hall–Kier alpha value is -0.916. The number of fused-ring (bicyclic) bond motifs is 8. The van der Waals surface area contributed by atoms with Crippen LogP contribution in [0.1, 0.15) is 88.5 Å². The van der Waals surface area contributed by atoms with Crippen molar-refractivity contribution >= 4 is 3.81 Å². The van der Waals surface area contributed by atoms with Crippen molar-refractivity contribution in [2.75, 3.05) is 0 Å². The van der Waals surface area contributed by atoms with E-state index in [1.807, 2.05) is 12.2 Å². The van der Waals surface area contributed by atoms with Gasteiger partial charge in [0.1, 0.15) is 0 Å². The molecule has 0 nitrogen and oxygen atoms in total. The van der Waals surface area contributed by atoms with Crippen molar-refractivity contribution in [3.05, 3.63) is 103 Å².